The average Bonchev–Trinajstić information content (AvgIpc) is 3.05. The maximum atomic E-state index is 12.8. The molecule has 1 aliphatic rings. The van der Waals surface area contributed by atoms with Crippen LogP contribution in [0.25, 0.3) is 0 Å². The summed E-state index contributed by atoms with van der Waals surface area (Å²) in [7, 11) is 0. The zero-order chi connectivity index (χ0) is 16.9. The maximum absolute atomic E-state index is 12.8. The fourth-order valence-electron chi connectivity index (χ4n) is 3.33. The summed E-state index contributed by atoms with van der Waals surface area (Å²) in [5, 5.41) is 0. The minimum absolute atomic E-state index is 0.0352. The molecule has 3 rings (SSSR count). The molecule has 4 heteroatoms. The zero-order valence-corrected chi connectivity index (χ0v) is 14.5. The van der Waals surface area contributed by atoms with Gasteiger partial charge in [-0.1, -0.05) is 32.0 Å². The Morgan fingerprint density at radius 2 is 1.92 bits per heavy atom. The van der Waals surface area contributed by atoms with Crippen molar-refractivity contribution in [3.63, 3.8) is 0 Å². The van der Waals surface area contributed by atoms with Crippen LogP contribution in [-0.4, -0.2) is 35.4 Å². The molecule has 0 saturated heterocycles. The quantitative estimate of drug-likeness (QED) is 0.805. The number of carbonyl (C=O) groups excluding carboxylic acids is 1. The summed E-state index contributed by atoms with van der Waals surface area (Å²) >= 11 is 0. The van der Waals surface area contributed by atoms with Crippen LogP contribution in [0.2, 0.25) is 0 Å². The van der Waals surface area contributed by atoms with E-state index in [9.17, 15) is 4.79 Å². The van der Waals surface area contributed by atoms with Crippen LogP contribution in [0.15, 0.2) is 42.6 Å². The average molecular weight is 323 g/mol. The highest BCUT2D eigenvalue weighted by Crippen LogP contribution is 2.34. The molecule has 0 atom stereocenters. The van der Waals surface area contributed by atoms with Gasteiger partial charge in [-0.25, -0.2) is 0 Å². The van der Waals surface area contributed by atoms with E-state index in [-0.39, 0.29) is 5.91 Å². The molecule has 24 heavy (non-hydrogen) atoms. The van der Waals surface area contributed by atoms with Gasteiger partial charge in [0.2, 0.25) is 0 Å². The van der Waals surface area contributed by atoms with E-state index in [1.54, 1.807) is 6.20 Å². The van der Waals surface area contributed by atoms with Crippen LogP contribution in [0.1, 0.15) is 42.7 Å². The Labute approximate surface area is 144 Å². The van der Waals surface area contributed by atoms with Gasteiger partial charge in [-0.15, -0.1) is 0 Å². The lowest BCUT2D eigenvalue weighted by Gasteiger charge is -2.23. The van der Waals surface area contributed by atoms with Crippen molar-refractivity contribution in [3.05, 3.63) is 53.9 Å². The number of nitrogens with zero attached hydrogens (tertiary/aromatic N) is 3. The lowest BCUT2D eigenvalue weighted by Crippen LogP contribution is -2.33. The van der Waals surface area contributed by atoms with Gasteiger partial charge >= 0.3 is 0 Å². The minimum atomic E-state index is 0.0352. The van der Waals surface area contributed by atoms with Crippen LogP contribution < -0.4 is 4.90 Å². The summed E-state index contributed by atoms with van der Waals surface area (Å²) in [4.78, 5) is 21.3. The molecule has 4 nitrogen and oxygen atoms in total. The summed E-state index contributed by atoms with van der Waals surface area (Å²) in [6, 6.07) is 12.4. The molecule has 0 unspecified atom stereocenters. The van der Waals surface area contributed by atoms with Crippen molar-refractivity contribution in [1.82, 2.24) is 9.88 Å². The van der Waals surface area contributed by atoms with Crippen molar-refractivity contribution >= 4 is 17.3 Å². The molecular formula is C20H25N3O. The third-order valence-corrected chi connectivity index (χ3v) is 4.44. The highest BCUT2D eigenvalue weighted by Gasteiger charge is 2.22. The number of rotatable bonds is 6. The van der Waals surface area contributed by atoms with Crippen molar-refractivity contribution in [2.75, 3.05) is 24.5 Å². The molecule has 0 bridgehead atoms. The van der Waals surface area contributed by atoms with Crippen LogP contribution in [0.3, 0.4) is 0 Å². The SMILES string of the molecule is CCCN(CCC)C(=O)c1cc(N2CCc3ccccc32)ccn1. The number of fused-ring (bicyclic) bond motifs is 1. The monoisotopic (exact) mass is 323 g/mol. The summed E-state index contributed by atoms with van der Waals surface area (Å²) in [6.45, 7) is 6.71. The number of para-hydroxylation sites is 1. The summed E-state index contributed by atoms with van der Waals surface area (Å²) < 4.78 is 0. The Morgan fingerprint density at radius 1 is 1.17 bits per heavy atom. The summed E-state index contributed by atoms with van der Waals surface area (Å²) in [5.74, 6) is 0.0352. The van der Waals surface area contributed by atoms with Gasteiger partial charge in [0.05, 0.1) is 0 Å². The fourth-order valence-corrected chi connectivity index (χ4v) is 3.33. The predicted molar refractivity (Wildman–Crippen MR) is 97.9 cm³/mol. The normalized spacial score (nSPS) is 13.0. The highest BCUT2D eigenvalue weighted by molar-refractivity contribution is 5.93. The van der Waals surface area contributed by atoms with E-state index >= 15 is 0 Å². The number of hydrogen-bond donors (Lipinski definition) is 0. The molecule has 0 fully saturated rings. The van der Waals surface area contributed by atoms with Gasteiger partial charge in [0.25, 0.3) is 5.91 Å². The first-order valence-corrected chi connectivity index (χ1v) is 8.85. The number of hydrogen-bond acceptors (Lipinski definition) is 3. The van der Waals surface area contributed by atoms with Gasteiger partial charge < -0.3 is 9.80 Å². The van der Waals surface area contributed by atoms with Crippen LogP contribution in [0, 0.1) is 0 Å². The first kappa shape index (κ1) is 16.5. The second-order valence-electron chi connectivity index (χ2n) is 6.22. The van der Waals surface area contributed by atoms with Gasteiger partial charge in [0.1, 0.15) is 5.69 Å². The largest absolute Gasteiger partial charge is 0.341 e. The van der Waals surface area contributed by atoms with Gasteiger partial charge in [0, 0.05) is 37.2 Å². The number of anilines is 2. The first-order chi connectivity index (χ1) is 11.7. The molecule has 2 heterocycles. The molecule has 0 aliphatic carbocycles. The Hall–Kier alpha value is -2.36. The van der Waals surface area contributed by atoms with Gasteiger partial charge in [0.15, 0.2) is 0 Å². The van der Waals surface area contributed by atoms with E-state index in [4.69, 9.17) is 0 Å². The van der Waals surface area contributed by atoms with E-state index < -0.39 is 0 Å². The first-order valence-electron chi connectivity index (χ1n) is 8.85. The molecule has 1 aromatic heterocycles. The molecule has 1 amide bonds. The molecule has 126 valence electrons. The van der Waals surface area contributed by atoms with E-state index in [1.807, 2.05) is 17.0 Å². The number of benzene rings is 1. The van der Waals surface area contributed by atoms with Crippen LogP contribution in [0.4, 0.5) is 11.4 Å². The molecule has 0 saturated carbocycles. The Balaban J connectivity index is 1.86. The van der Waals surface area contributed by atoms with E-state index in [2.05, 4.69) is 48.0 Å². The lowest BCUT2D eigenvalue weighted by molar-refractivity contribution is 0.0749. The highest BCUT2D eigenvalue weighted by atomic mass is 16.2. The molecular weight excluding hydrogens is 298 g/mol. The Morgan fingerprint density at radius 3 is 2.67 bits per heavy atom. The van der Waals surface area contributed by atoms with E-state index in [0.29, 0.717) is 5.69 Å². The van der Waals surface area contributed by atoms with E-state index in [0.717, 1.165) is 44.6 Å². The van der Waals surface area contributed by atoms with Crippen molar-refractivity contribution in [1.29, 1.82) is 0 Å². The Bertz CT molecular complexity index is 708. The van der Waals surface area contributed by atoms with Crippen molar-refractivity contribution in [2.24, 2.45) is 0 Å². The molecule has 1 aromatic carbocycles. The topological polar surface area (TPSA) is 36.4 Å². The third kappa shape index (κ3) is 3.28. The van der Waals surface area contributed by atoms with E-state index in [1.165, 1.54) is 11.3 Å². The van der Waals surface area contributed by atoms with Gasteiger partial charge in [-0.3, -0.25) is 9.78 Å². The second kappa shape index (κ2) is 7.47. The van der Waals surface area contributed by atoms with Gasteiger partial charge in [-0.05, 0) is 43.0 Å². The number of aromatic nitrogens is 1. The number of pyridine rings is 1. The minimum Gasteiger partial charge on any atom is -0.341 e. The van der Waals surface area contributed by atoms with Crippen LogP contribution in [-0.2, 0) is 6.42 Å². The van der Waals surface area contributed by atoms with Crippen molar-refractivity contribution in [2.45, 2.75) is 33.1 Å². The second-order valence-corrected chi connectivity index (χ2v) is 6.22. The van der Waals surface area contributed by atoms with Crippen molar-refractivity contribution < 1.29 is 4.79 Å². The standard InChI is InChI=1S/C20H25N3O/c1-3-12-22(13-4-2)20(24)18-15-17(9-11-21-18)23-14-10-16-7-5-6-8-19(16)23/h5-9,11,15H,3-4,10,12-14H2,1-2H3. The van der Waals surface area contributed by atoms with Crippen molar-refractivity contribution in [3.8, 4) is 0 Å². The predicted octanol–water partition coefficient (Wildman–Crippen LogP) is 4.04. The van der Waals surface area contributed by atoms with Gasteiger partial charge in [-0.2, -0.15) is 0 Å². The maximum Gasteiger partial charge on any atom is 0.272 e. The molecule has 0 N–H and O–H groups in total. The number of carbonyl (C=O) groups is 1. The third-order valence-electron chi connectivity index (χ3n) is 4.44. The summed E-state index contributed by atoms with van der Waals surface area (Å²) in [5.41, 5.74) is 4.19. The number of amides is 1. The molecule has 1 aliphatic heterocycles. The summed E-state index contributed by atoms with van der Waals surface area (Å²) in [6.07, 6.45) is 4.72. The zero-order valence-electron chi connectivity index (χ0n) is 14.5. The van der Waals surface area contributed by atoms with Crippen LogP contribution in [0.5, 0.6) is 0 Å². The lowest BCUT2D eigenvalue weighted by atomic mass is 10.2. The Kier molecular flexibility index (Phi) is 5.14. The van der Waals surface area contributed by atoms with Crippen LogP contribution >= 0.6 is 0 Å². The molecule has 2 aromatic rings. The fraction of sp³-hybridized carbons (Fsp3) is 0.400. The molecule has 0 spiro atoms. The smallest absolute Gasteiger partial charge is 0.272 e. The molecule has 0 radical (unpaired) electrons.